The first-order valence-electron chi connectivity index (χ1n) is 34.1. The van der Waals surface area contributed by atoms with E-state index in [1.54, 1.807) is 0 Å². The maximum absolute atomic E-state index is 6.83. The normalized spacial score (nSPS) is 12.0. The van der Waals surface area contributed by atoms with Gasteiger partial charge in [-0.25, -0.2) is 0 Å². The van der Waals surface area contributed by atoms with Crippen LogP contribution in [0.15, 0.2) is 356 Å². The molecule has 0 saturated carbocycles. The molecule has 6 nitrogen and oxygen atoms in total. The summed E-state index contributed by atoms with van der Waals surface area (Å²) in [6, 6.07) is 117. The topological polar surface area (TPSA) is 78.6 Å². The first-order valence-corrected chi connectivity index (χ1v) is 34.1. The van der Waals surface area contributed by atoms with Crippen molar-refractivity contribution in [2.45, 2.75) is 0 Å². The van der Waals surface area contributed by atoms with Crippen molar-refractivity contribution in [3.63, 3.8) is 0 Å². The Bertz CT molecular complexity index is 6990. The fourth-order valence-electron chi connectivity index (χ4n) is 15.4. The number of nitrogens with zero attached hydrogens (tertiary/aromatic N) is 1. The average molecular weight is 1290 g/mol. The summed E-state index contributed by atoms with van der Waals surface area (Å²) in [6.07, 6.45) is 1.81. The quantitative estimate of drug-likeness (QED) is 0.136. The van der Waals surface area contributed by atoms with E-state index in [1.165, 1.54) is 0 Å². The molecule has 15 aromatic carbocycles. The maximum Gasteiger partial charge on any atom is 0.153 e. The molecule has 101 heavy (non-hydrogen) atoms. The van der Waals surface area contributed by atoms with Gasteiger partial charge in [0.25, 0.3) is 0 Å². The molecule has 0 unspecified atom stereocenters. The molecule has 0 amide bonds. The van der Waals surface area contributed by atoms with Crippen molar-refractivity contribution in [2.75, 3.05) is 0 Å². The highest BCUT2D eigenvalue weighted by Gasteiger charge is 2.20. The molecule has 0 fully saturated rings. The van der Waals surface area contributed by atoms with Gasteiger partial charge in [-0.05, 0) is 251 Å². The van der Waals surface area contributed by atoms with Gasteiger partial charge in [0, 0.05) is 60.2 Å². The van der Waals surface area contributed by atoms with Crippen LogP contribution in [-0.4, -0.2) is 4.98 Å². The van der Waals surface area contributed by atoms with Gasteiger partial charge < -0.3 is 22.1 Å². The number of fused-ring (bicyclic) bond motifs is 15. The van der Waals surface area contributed by atoms with E-state index in [2.05, 4.69) is 296 Å². The lowest BCUT2D eigenvalue weighted by molar-refractivity contribution is 0.668. The third-order valence-corrected chi connectivity index (χ3v) is 20.5. The third kappa shape index (κ3) is 9.60. The molecule has 0 atom stereocenters. The van der Waals surface area contributed by atoms with Gasteiger partial charge >= 0.3 is 0 Å². The molecule has 21 aromatic rings. The van der Waals surface area contributed by atoms with Gasteiger partial charge in [-0.3, -0.25) is 4.98 Å². The molecule has 0 aliphatic carbocycles. The van der Waals surface area contributed by atoms with Crippen LogP contribution in [0, 0.1) is 0 Å². The van der Waals surface area contributed by atoms with Crippen LogP contribution in [0.3, 0.4) is 0 Å². The van der Waals surface area contributed by atoms with Crippen molar-refractivity contribution in [2.24, 2.45) is 0 Å². The summed E-state index contributed by atoms with van der Waals surface area (Å²) in [6.45, 7) is 0. The monoisotopic (exact) mass is 1290 g/mol. The minimum atomic E-state index is 0.790. The highest BCUT2D eigenvalue weighted by atomic mass is 16.3. The second kappa shape index (κ2) is 22.5. The minimum absolute atomic E-state index is 0.790. The van der Waals surface area contributed by atoms with Crippen molar-refractivity contribution >= 4 is 110 Å². The lowest BCUT2D eigenvalue weighted by Crippen LogP contribution is -1.86. The Morgan fingerprint density at radius 2 is 0.426 bits per heavy atom. The lowest BCUT2D eigenvalue weighted by atomic mass is 9.92. The predicted octanol–water partition coefficient (Wildman–Crippen LogP) is 27.2. The number of rotatable bonds is 10. The summed E-state index contributed by atoms with van der Waals surface area (Å²) in [5.74, 6) is 0. The smallest absolute Gasteiger partial charge is 0.153 e. The number of furan rings is 5. The zero-order valence-corrected chi connectivity index (χ0v) is 54.2. The second-order valence-corrected chi connectivity index (χ2v) is 26.5. The van der Waals surface area contributed by atoms with Crippen LogP contribution >= 0.6 is 0 Å². The number of benzene rings is 15. The summed E-state index contributed by atoms with van der Waals surface area (Å²) in [5, 5.41) is 9.63. The van der Waals surface area contributed by atoms with E-state index in [-0.39, 0.29) is 0 Å². The van der Waals surface area contributed by atoms with E-state index in [0.717, 1.165) is 221 Å². The molecule has 0 N–H and O–H groups in total. The molecule has 6 heterocycles. The molecular weight excluding hydrogens is 1240 g/mol. The highest BCUT2D eigenvalue weighted by molar-refractivity contribution is 6.14. The molecule has 21 rings (SSSR count). The number of hydrogen-bond donors (Lipinski definition) is 0. The van der Waals surface area contributed by atoms with Crippen molar-refractivity contribution in [3.05, 3.63) is 334 Å². The Hall–Kier alpha value is -13.6. The number of aromatic nitrogens is 1. The molecule has 0 radical (unpaired) electrons. The predicted molar refractivity (Wildman–Crippen MR) is 415 cm³/mol. The third-order valence-electron chi connectivity index (χ3n) is 20.5. The van der Waals surface area contributed by atoms with Crippen molar-refractivity contribution < 1.29 is 22.1 Å². The Morgan fingerprint density at radius 3 is 0.832 bits per heavy atom. The van der Waals surface area contributed by atoms with Crippen LogP contribution in [0.2, 0.25) is 0 Å². The van der Waals surface area contributed by atoms with Crippen molar-refractivity contribution in [1.29, 1.82) is 0 Å². The number of hydrogen-bond acceptors (Lipinski definition) is 6. The van der Waals surface area contributed by atoms with E-state index in [9.17, 15) is 0 Å². The van der Waals surface area contributed by atoms with Gasteiger partial charge in [-0.1, -0.05) is 182 Å². The zero-order chi connectivity index (χ0) is 66.2. The van der Waals surface area contributed by atoms with Gasteiger partial charge in [0.05, 0.1) is 0 Å². The molecule has 6 heteroatoms. The van der Waals surface area contributed by atoms with Crippen LogP contribution in [0.4, 0.5) is 0 Å². The molecule has 0 aliphatic heterocycles. The Kier molecular flexibility index (Phi) is 12.6. The van der Waals surface area contributed by atoms with E-state index < -0.39 is 0 Å². The SMILES string of the molecule is c1cc(-c2cccc(-c3cccc(-c4cc(-c5ccc6oc7ccc(-c8cccc(-c9ccc%10oc%11ccc(-c%12cccc(-c%13ccc%14oc%15cccnc%15c%14c%13)c%12)cc%11c%10c9)c8)cc7c6c5)c5oc6ccccc6c5c4)c3)c2)cc(-c2cccc(-c3ccc4oc5ccccc5c4c3)c2)c1. The van der Waals surface area contributed by atoms with E-state index in [4.69, 9.17) is 22.1 Å². The summed E-state index contributed by atoms with van der Waals surface area (Å²) < 4.78 is 32.2. The fraction of sp³-hybridized carbons (Fsp3) is 0. The maximum atomic E-state index is 6.83. The second-order valence-electron chi connectivity index (χ2n) is 26.5. The zero-order valence-electron chi connectivity index (χ0n) is 54.2. The Morgan fingerprint density at radius 1 is 0.158 bits per heavy atom. The molecule has 0 aliphatic rings. The van der Waals surface area contributed by atoms with Gasteiger partial charge in [-0.15, -0.1) is 0 Å². The van der Waals surface area contributed by atoms with Crippen molar-refractivity contribution in [1.82, 2.24) is 4.98 Å². The summed E-state index contributed by atoms with van der Waals surface area (Å²) in [7, 11) is 0. The van der Waals surface area contributed by atoms with E-state index in [0.29, 0.717) is 0 Å². The summed E-state index contributed by atoms with van der Waals surface area (Å²) >= 11 is 0. The molecular formula is C95H55NO5. The van der Waals surface area contributed by atoms with Gasteiger partial charge in [0.15, 0.2) is 5.58 Å². The van der Waals surface area contributed by atoms with Crippen LogP contribution < -0.4 is 0 Å². The first kappa shape index (κ1) is 56.6. The van der Waals surface area contributed by atoms with E-state index in [1.807, 2.05) is 42.6 Å². The highest BCUT2D eigenvalue weighted by Crippen LogP contribution is 2.45. The molecule has 6 aromatic heterocycles. The largest absolute Gasteiger partial charge is 0.456 e. The van der Waals surface area contributed by atoms with Gasteiger partial charge in [-0.2, -0.15) is 0 Å². The first-order chi connectivity index (χ1) is 49.9. The Labute approximate surface area is 578 Å². The molecule has 470 valence electrons. The molecule has 0 spiro atoms. The van der Waals surface area contributed by atoms with Crippen molar-refractivity contribution in [3.8, 4) is 111 Å². The minimum Gasteiger partial charge on any atom is -0.456 e. The average Bonchev–Trinajstić information content (AvgIpc) is 1.63. The molecule has 0 saturated heterocycles. The van der Waals surface area contributed by atoms with Crippen LogP contribution in [0.25, 0.3) is 221 Å². The summed E-state index contributed by atoms with van der Waals surface area (Å²) in [4.78, 5) is 4.63. The van der Waals surface area contributed by atoms with Crippen LogP contribution in [0.5, 0.6) is 0 Å². The lowest BCUT2D eigenvalue weighted by Gasteiger charge is -2.12. The van der Waals surface area contributed by atoms with Gasteiger partial charge in [0.1, 0.15) is 55.8 Å². The Balaban J connectivity index is 0.585. The number of para-hydroxylation sites is 2. The van der Waals surface area contributed by atoms with Gasteiger partial charge in [0.2, 0.25) is 0 Å². The standard InChI is InChI=1S/C95H55NO5/c1-3-26-85-75(24-1)78-48-68(29-35-87(78)97-85)62-18-7-16-60(44-62)58-14-5-12-56(42-58)57-13-6-15-59(43-57)61-17-10-23-67(47-61)74-54-77(95-83(55-74)76-25-2-4-27-86(76)101-95)73-34-40-91-82(53-73)81-51-71(32-38-90(81)99-91)64-20-8-19-63(45-64)69-30-36-88-79(49-69)80-50-70(31-37-89(80)98-88)65-21-9-22-66(46-65)72-33-39-92-84(52-72)94-93(100-92)28-11-41-96-94/h1-55H. The summed E-state index contributed by atoms with van der Waals surface area (Å²) in [5.41, 5.74) is 31.8. The fourth-order valence-corrected chi connectivity index (χ4v) is 15.4. The number of pyridine rings is 1. The van der Waals surface area contributed by atoms with Crippen LogP contribution in [-0.2, 0) is 0 Å². The molecule has 0 bridgehead atoms. The van der Waals surface area contributed by atoms with Crippen LogP contribution in [0.1, 0.15) is 0 Å². The van der Waals surface area contributed by atoms with E-state index >= 15 is 0 Å².